The van der Waals surface area contributed by atoms with Gasteiger partial charge in [0.1, 0.15) is 5.82 Å². The summed E-state index contributed by atoms with van der Waals surface area (Å²) in [6, 6.07) is 10.0. The minimum atomic E-state index is -3.60. The average molecular weight is 554 g/mol. The van der Waals surface area contributed by atoms with Crippen molar-refractivity contribution in [3.05, 3.63) is 47.8 Å². The van der Waals surface area contributed by atoms with Crippen molar-refractivity contribution in [1.29, 1.82) is 0 Å². The largest absolute Gasteiger partial charge is 0.465 e. The number of hydrogen-bond donors (Lipinski definition) is 0. The van der Waals surface area contributed by atoms with Gasteiger partial charge in [-0.15, -0.1) is 23.5 Å². The highest BCUT2D eigenvalue weighted by Crippen LogP contribution is 2.46. The van der Waals surface area contributed by atoms with Gasteiger partial charge in [-0.05, 0) is 68.0 Å². The molecule has 1 heterocycles. The van der Waals surface area contributed by atoms with Crippen molar-refractivity contribution in [2.75, 3.05) is 35.8 Å². The molecule has 0 saturated carbocycles. The normalized spacial score (nSPS) is 19.0. The molecule has 1 unspecified atom stereocenters. The molecule has 0 spiro atoms. The van der Waals surface area contributed by atoms with Crippen LogP contribution < -0.4 is 4.90 Å². The van der Waals surface area contributed by atoms with Crippen molar-refractivity contribution in [1.82, 2.24) is 0 Å². The Balaban J connectivity index is 2.12. The van der Waals surface area contributed by atoms with E-state index < -0.39 is 15.3 Å². The Morgan fingerprint density at radius 1 is 1.17 bits per heavy atom. The molecule has 2 aromatic rings. The maximum absolute atomic E-state index is 13.9. The summed E-state index contributed by atoms with van der Waals surface area (Å²) in [5, 5.41) is 0. The maximum Gasteiger partial charge on any atom is 0.315 e. The number of carbonyl (C=O) groups is 1. The number of hydrogen-bond acceptors (Lipinski definition) is 7. The lowest BCUT2D eigenvalue weighted by Crippen LogP contribution is -2.37. The second-order valence-corrected chi connectivity index (χ2v) is 13.0. The SMILES string of the molecule is CCCCC1(CC)CN(c2ccc(F)cc2)c2cc(SC)c(CSCC(=O)OCC)cc2S(=O)(=O)C1. The van der Waals surface area contributed by atoms with Gasteiger partial charge in [0.15, 0.2) is 9.84 Å². The second kappa shape index (κ2) is 12.7. The number of benzene rings is 2. The minimum absolute atomic E-state index is 0.0786. The molecule has 1 atom stereocenters. The number of esters is 1. The summed E-state index contributed by atoms with van der Waals surface area (Å²) in [4.78, 5) is 15.1. The summed E-state index contributed by atoms with van der Waals surface area (Å²) in [6.07, 6.45) is 5.44. The molecule has 0 bridgehead atoms. The summed E-state index contributed by atoms with van der Waals surface area (Å²) in [5.41, 5.74) is 1.88. The number of ether oxygens (including phenoxy) is 1. The smallest absolute Gasteiger partial charge is 0.315 e. The van der Waals surface area contributed by atoms with Crippen LogP contribution in [0.4, 0.5) is 15.8 Å². The number of thioether (sulfide) groups is 2. The van der Waals surface area contributed by atoms with E-state index in [0.717, 1.165) is 41.8 Å². The first-order valence-corrected chi connectivity index (χ1v) is 16.4. The fourth-order valence-corrected chi connectivity index (χ4v) is 8.43. The zero-order valence-electron chi connectivity index (χ0n) is 21.5. The molecule has 36 heavy (non-hydrogen) atoms. The number of unbranched alkanes of at least 4 members (excludes halogenated alkanes) is 1. The molecule has 198 valence electrons. The van der Waals surface area contributed by atoms with Crippen LogP contribution in [0, 0.1) is 11.2 Å². The quantitative estimate of drug-likeness (QED) is 0.223. The highest BCUT2D eigenvalue weighted by molar-refractivity contribution is 7.99. The molecule has 0 amide bonds. The second-order valence-electron chi connectivity index (χ2n) is 9.21. The molecule has 0 aromatic heterocycles. The van der Waals surface area contributed by atoms with Crippen molar-refractivity contribution < 1.29 is 22.3 Å². The number of fused-ring (bicyclic) bond motifs is 1. The molecular formula is C27H36FNO4S3. The fourth-order valence-electron chi connectivity index (χ4n) is 4.69. The van der Waals surface area contributed by atoms with E-state index in [2.05, 4.69) is 18.7 Å². The van der Waals surface area contributed by atoms with Crippen LogP contribution in [0.1, 0.15) is 52.0 Å². The Kier molecular flexibility index (Phi) is 10.2. The van der Waals surface area contributed by atoms with Crippen molar-refractivity contribution in [3.63, 3.8) is 0 Å². The van der Waals surface area contributed by atoms with E-state index >= 15 is 0 Å². The lowest BCUT2D eigenvalue weighted by atomic mass is 9.81. The lowest BCUT2D eigenvalue weighted by Gasteiger charge is -2.36. The van der Waals surface area contributed by atoms with Gasteiger partial charge in [0.25, 0.3) is 0 Å². The van der Waals surface area contributed by atoms with Crippen LogP contribution in [-0.2, 0) is 25.1 Å². The van der Waals surface area contributed by atoms with Crippen molar-refractivity contribution in [2.24, 2.45) is 5.41 Å². The first-order valence-electron chi connectivity index (χ1n) is 12.4. The van der Waals surface area contributed by atoms with Crippen LogP contribution >= 0.6 is 23.5 Å². The number of nitrogens with zero attached hydrogens (tertiary/aromatic N) is 1. The molecule has 0 radical (unpaired) electrons. The average Bonchev–Trinajstić information content (AvgIpc) is 2.95. The number of anilines is 2. The molecule has 2 aromatic carbocycles. The molecule has 0 saturated heterocycles. The molecule has 3 rings (SSSR count). The van der Waals surface area contributed by atoms with Crippen molar-refractivity contribution in [3.8, 4) is 0 Å². The van der Waals surface area contributed by atoms with E-state index in [9.17, 15) is 17.6 Å². The van der Waals surface area contributed by atoms with Gasteiger partial charge in [0.05, 0.1) is 28.7 Å². The van der Waals surface area contributed by atoms with Gasteiger partial charge in [-0.25, -0.2) is 12.8 Å². The van der Waals surface area contributed by atoms with Gasteiger partial charge in [-0.3, -0.25) is 4.79 Å². The van der Waals surface area contributed by atoms with E-state index in [0.29, 0.717) is 29.5 Å². The molecule has 0 fully saturated rings. The Labute approximate surface area is 223 Å². The van der Waals surface area contributed by atoms with Crippen LogP contribution in [0.2, 0.25) is 0 Å². The summed E-state index contributed by atoms with van der Waals surface area (Å²) in [7, 11) is -3.60. The first-order chi connectivity index (χ1) is 17.2. The molecule has 0 N–H and O–H groups in total. The molecular weight excluding hydrogens is 517 g/mol. The Morgan fingerprint density at radius 3 is 2.50 bits per heavy atom. The van der Waals surface area contributed by atoms with E-state index in [4.69, 9.17) is 4.74 Å². The van der Waals surface area contributed by atoms with Crippen LogP contribution in [0.25, 0.3) is 0 Å². The van der Waals surface area contributed by atoms with Gasteiger partial charge >= 0.3 is 5.97 Å². The first kappa shape index (κ1) is 28.9. The molecule has 1 aliphatic rings. The highest BCUT2D eigenvalue weighted by Gasteiger charge is 2.41. The third-order valence-electron chi connectivity index (χ3n) is 6.71. The van der Waals surface area contributed by atoms with Crippen LogP contribution in [0.5, 0.6) is 0 Å². The van der Waals surface area contributed by atoms with Gasteiger partial charge in [-0.2, -0.15) is 0 Å². The zero-order valence-corrected chi connectivity index (χ0v) is 24.0. The van der Waals surface area contributed by atoms with Crippen LogP contribution in [0.3, 0.4) is 0 Å². The fraction of sp³-hybridized carbons (Fsp3) is 0.519. The highest BCUT2D eigenvalue weighted by atomic mass is 32.2. The topological polar surface area (TPSA) is 63.7 Å². The monoisotopic (exact) mass is 553 g/mol. The van der Waals surface area contributed by atoms with Gasteiger partial charge < -0.3 is 9.64 Å². The van der Waals surface area contributed by atoms with Crippen molar-refractivity contribution in [2.45, 2.75) is 62.0 Å². The summed E-state index contributed by atoms with van der Waals surface area (Å²) in [6.45, 7) is 6.84. The van der Waals surface area contributed by atoms with E-state index in [1.54, 1.807) is 36.9 Å². The number of carbonyl (C=O) groups excluding carboxylic acids is 1. The summed E-state index contributed by atoms with van der Waals surface area (Å²) < 4.78 is 46.6. The molecule has 1 aliphatic heterocycles. The number of rotatable bonds is 11. The van der Waals surface area contributed by atoms with E-state index in [-0.39, 0.29) is 23.3 Å². The predicted molar refractivity (Wildman–Crippen MR) is 149 cm³/mol. The van der Waals surface area contributed by atoms with Crippen LogP contribution in [0.15, 0.2) is 46.2 Å². The van der Waals surface area contributed by atoms with Gasteiger partial charge in [0.2, 0.25) is 0 Å². The predicted octanol–water partition coefficient (Wildman–Crippen LogP) is 6.86. The summed E-state index contributed by atoms with van der Waals surface area (Å²) in [5.74, 6) is 0.191. The van der Waals surface area contributed by atoms with E-state index in [1.807, 2.05) is 12.3 Å². The van der Waals surface area contributed by atoms with E-state index in [1.165, 1.54) is 23.9 Å². The van der Waals surface area contributed by atoms with Crippen LogP contribution in [-0.4, -0.2) is 45.3 Å². The third kappa shape index (κ3) is 6.78. The minimum Gasteiger partial charge on any atom is -0.465 e. The van der Waals surface area contributed by atoms with Gasteiger partial charge in [0, 0.05) is 28.3 Å². The molecule has 0 aliphatic carbocycles. The molecule has 5 nitrogen and oxygen atoms in total. The van der Waals surface area contributed by atoms with Gasteiger partial charge in [-0.1, -0.05) is 26.7 Å². The zero-order chi connectivity index (χ0) is 26.3. The third-order valence-corrected chi connectivity index (χ3v) is 10.5. The Morgan fingerprint density at radius 2 is 1.89 bits per heavy atom. The molecule has 9 heteroatoms. The van der Waals surface area contributed by atoms with Crippen molar-refractivity contribution >= 4 is 50.7 Å². The number of halogens is 1. The maximum atomic E-state index is 13.9. The number of sulfone groups is 1. The lowest BCUT2D eigenvalue weighted by molar-refractivity contribution is -0.139. The Hall–Kier alpha value is -1.71. The standard InChI is InChI=1S/C27H36FNO4S3/c1-5-8-13-27(6-2)18-29(22-11-9-21(28)10-12-22)23-15-24(34-4)20(14-25(23)36(31,32)19-27)16-35-17-26(30)33-7-3/h9-12,14-15H,5-8,13,16-19H2,1-4H3. The summed E-state index contributed by atoms with van der Waals surface area (Å²) >= 11 is 2.97. The Bertz CT molecular complexity index is 1150.